The van der Waals surface area contributed by atoms with Crippen molar-refractivity contribution in [3.63, 3.8) is 0 Å². The average Bonchev–Trinajstić information content (AvgIpc) is 2.94. The van der Waals surface area contributed by atoms with Gasteiger partial charge in [0.25, 0.3) is 0 Å². The van der Waals surface area contributed by atoms with E-state index < -0.39 is 16.1 Å². The Balaban J connectivity index is 1.51. The summed E-state index contributed by atoms with van der Waals surface area (Å²) in [6.45, 7) is 4.73. The van der Waals surface area contributed by atoms with E-state index in [4.69, 9.17) is 16.3 Å². The van der Waals surface area contributed by atoms with Crippen molar-refractivity contribution in [2.45, 2.75) is 24.3 Å². The van der Waals surface area contributed by atoms with Crippen LogP contribution in [-0.4, -0.2) is 68.2 Å². The fourth-order valence-corrected chi connectivity index (χ4v) is 4.90. The lowest BCUT2D eigenvalue weighted by atomic mass is 10.2. The minimum absolute atomic E-state index is 0.170. The minimum Gasteiger partial charge on any atom is -0.491 e. The first-order valence-electron chi connectivity index (χ1n) is 9.70. The molecule has 1 saturated heterocycles. The van der Waals surface area contributed by atoms with Crippen molar-refractivity contribution in [2.75, 3.05) is 39.3 Å². The Morgan fingerprint density at radius 2 is 1.72 bits per heavy atom. The molecule has 0 bridgehead atoms. The van der Waals surface area contributed by atoms with E-state index in [2.05, 4.69) is 4.90 Å². The van der Waals surface area contributed by atoms with Crippen LogP contribution in [0.5, 0.6) is 5.75 Å². The zero-order valence-corrected chi connectivity index (χ0v) is 18.1. The zero-order valence-electron chi connectivity index (χ0n) is 16.5. The van der Waals surface area contributed by atoms with Crippen LogP contribution in [-0.2, 0) is 10.0 Å². The maximum atomic E-state index is 12.9. The molecule has 1 N–H and O–H groups in total. The predicted molar refractivity (Wildman–Crippen MR) is 114 cm³/mol. The summed E-state index contributed by atoms with van der Waals surface area (Å²) in [4.78, 5) is 2.41. The van der Waals surface area contributed by atoms with E-state index in [1.54, 1.807) is 36.4 Å². The number of halogens is 1. The third-order valence-electron chi connectivity index (χ3n) is 4.93. The lowest BCUT2D eigenvalue weighted by Crippen LogP contribution is -2.39. The Morgan fingerprint density at radius 1 is 1.03 bits per heavy atom. The topological polar surface area (TPSA) is 70.1 Å². The highest BCUT2D eigenvalue weighted by Gasteiger charge is 2.27. The number of rotatable bonds is 7. The number of β-amino-alcohol motifs (C(OH)–C–C–N with tert-alkyl or cyclic N) is 1. The summed E-state index contributed by atoms with van der Waals surface area (Å²) in [6.07, 6.45) is 0.0569. The lowest BCUT2D eigenvalue weighted by Gasteiger charge is -2.24. The molecule has 0 saturated carbocycles. The molecule has 3 rings (SSSR count). The summed E-state index contributed by atoms with van der Waals surface area (Å²) in [6, 6.07) is 13.9. The quantitative estimate of drug-likeness (QED) is 0.719. The van der Waals surface area contributed by atoms with Gasteiger partial charge in [0.05, 0.1) is 4.90 Å². The minimum atomic E-state index is -3.50. The molecule has 2 aromatic rings. The number of sulfonamides is 1. The summed E-state index contributed by atoms with van der Waals surface area (Å²) < 4.78 is 32.9. The normalized spacial score (nSPS) is 17.6. The first-order chi connectivity index (χ1) is 13.8. The molecule has 1 heterocycles. The van der Waals surface area contributed by atoms with Gasteiger partial charge in [0.15, 0.2) is 0 Å². The fourth-order valence-electron chi connectivity index (χ4n) is 3.30. The fraction of sp³-hybridized carbons (Fsp3) is 0.429. The number of nitrogens with zero attached hydrogens (tertiary/aromatic N) is 2. The molecule has 158 valence electrons. The Labute approximate surface area is 177 Å². The molecule has 2 aromatic carbocycles. The van der Waals surface area contributed by atoms with Crippen molar-refractivity contribution in [1.82, 2.24) is 9.21 Å². The van der Waals surface area contributed by atoms with Gasteiger partial charge in [0.2, 0.25) is 10.0 Å². The smallest absolute Gasteiger partial charge is 0.243 e. The second kappa shape index (κ2) is 9.91. The van der Waals surface area contributed by atoms with Gasteiger partial charge in [-0.15, -0.1) is 0 Å². The predicted octanol–water partition coefficient (Wildman–Crippen LogP) is 2.78. The highest BCUT2D eigenvalue weighted by Crippen LogP contribution is 2.19. The van der Waals surface area contributed by atoms with Crippen molar-refractivity contribution in [3.05, 3.63) is 59.1 Å². The van der Waals surface area contributed by atoms with Crippen LogP contribution in [0, 0.1) is 6.92 Å². The maximum absolute atomic E-state index is 12.9. The largest absolute Gasteiger partial charge is 0.491 e. The number of hydrogen-bond acceptors (Lipinski definition) is 5. The second-order valence-electron chi connectivity index (χ2n) is 7.29. The Morgan fingerprint density at radius 3 is 2.41 bits per heavy atom. The van der Waals surface area contributed by atoms with E-state index in [1.807, 2.05) is 19.1 Å². The average molecular weight is 439 g/mol. The molecule has 6 nitrogen and oxygen atoms in total. The monoisotopic (exact) mass is 438 g/mol. The first kappa shape index (κ1) is 22.1. The van der Waals surface area contributed by atoms with Gasteiger partial charge >= 0.3 is 0 Å². The van der Waals surface area contributed by atoms with Crippen molar-refractivity contribution < 1.29 is 18.3 Å². The molecular weight excluding hydrogens is 412 g/mol. The van der Waals surface area contributed by atoms with E-state index in [0.717, 1.165) is 18.5 Å². The van der Waals surface area contributed by atoms with E-state index >= 15 is 0 Å². The van der Waals surface area contributed by atoms with Crippen LogP contribution < -0.4 is 4.74 Å². The number of aliphatic hydroxyl groups excluding tert-OH is 1. The van der Waals surface area contributed by atoms with Crippen LogP contribution in [0.2, 0.25) is 5.02 Å². The van der Waals surface area contributed by atoms with E-state index in [1.165, 1.54) is 4.31 Å². The van der Waals surface area contributed by atoms with Crippen LogP contribution in [0.4, 0.5) is 0 Å². The van der Waals surface area contributed by atoms with Crippen LogP contribution in [0.3, 0.4) is 0 Å². The van der Waals surface area contributed by atoms with Crippen LogP contribution in [0.25, 0.3) is 0 Å². The van der Waals surface area contributed by atoms with E-state index in [-0.39, 0.29) is 6.61 Å². The van der Waals surface area contributed by atoms with Gasteiger partial charge in [-0.1, -0.05) is 29.3 Å². The maximum Gasteiger partial charge on any atom is 0.243 e. The summed E-state index contributed by atoms with van der Waals surface area (Å²) in [5.41, 5.74) is 1.03. The first-order valence-corrected chi connectivity index (χ1v) is 11.5. The molecule has 0 aliphatic carbocycles. The summed E-state index contributed by atoms with van der Waals surface area (Å²) in [5, 5.41) is 10.9. The third kappa shape index (κ3) is 6.17. The second-order valence-corrected chi connectivity index (χ2v) is 9.66. The standard InChI is InChI=1S/C21H27ClN2O4S/c1-17-3-9-21(10-4-17)29(26,27)24-12-2-11-23(13-14-24)15-19(25)16-28-20-7-5-18(22)6-8-20/h3-10,19,25H,2,11-16H2,1H3/t19-/m1/s1. The van der Waals surface area contributed by atoms with Crippen molar-refractivity contribution >= 4 is 21.6 Å². The molecule has 1 aliphatic heterocycles. The van der Waals surface area contributed by atoms with E-state index in [0.29, 0.717) is 41.8 Å². The van der Waals surface area contributed by atoms with Crippen molar-refractivity contribution in [3.8, 4) is 5.75 Å². The molecule has 8 heteroatoms. The van der Waals surface area contributed by atoms with Crippen molar-refractivity contribution in [1.29, 1.82) is 0 Å². The number of aryl methyl sites for hydroxylation is 1. The van der Waals surface area contributed by atoms with E-state index in [9.17, 15) is 13.5 Å². The molecular formula is C21H27ClN2O4S. The van der Waals surface area contributed by atoms with Crippen LogP contribution in [0.1, 0.15) is 12.0 Å². The highest BCUT2D eigenvalue weighted by molar-refractivity contribution is 7.89. The molecule has 29 heavy (non-hydrogen) atoms. The number of aliphatic hydroxyl groups is 1. The number of hydrogen-bond donors (Lipinski definition) is 1. The third-order valence-corrected chi connectivity index (χ3v) is 7.10. The summed E-state index contributed by atoms with van der Waals surface area (Å²) >= 11 is 5.85. The molecule has 1 atom stereocenters. The van der Waals surface area contributed by atoms with Gasteiger partial charge in [0, 0.05) is 31.2 Å². The van der Waals surface area contributed by atoms with Crippen LogP contribution >= 0.6 is 11.6 Å². The molecule has 0 unspecified atom stereocenters. The summed E-state index contributed by atoms with van der Waals surface area (Å²) in [5.74, 6) is 0.652. The van der Waals surface area contributed by atoms with Crippen molar-refractivity contribution in [2.24, 2.45) is 0 Å². The Bertz CT molecular complexity index is 888. The molecule has 0 radical (unpaired) electrons. The molecule has 0 amide bonds. The van der Waals surface area contributed by atoms with Gasteiger partial charge < -0.3 is 9.84 Å². The van der Waals surface area contributed by atoms with Gasteiger partial charge in [-0.25, -0.2) is 8.42 Å². The molecule has 1 fully saturated rings. The van der Waals surface area contributed by atoms with Gasteiger partial charge in [0.1, 0.15) is 18.5 Å². The number of benzene rings is 2. The SMILES string of the molecule is Cc1ccc(S(=O)(=O)N2CCCN(C[C@@H](O)COc3ccc(Cl)cc3)CC2)cc1. The Hall–Kier alpha value is -1.64. The number of ether oxygens (including phenoxy) is 1. The van der Waals surface area contributed by atoms with Gasteiger partial charge in [-0.05, 0) is 56.3 Å². The highest BCUT2D eigenvalue weighted by atomic mass is 35.5. The molecule has 1 aliphatic rings. The van der Waals surface area contributed by atoms with Crippen LogP contribution in [0.15, 0.2) is 53.4 Å². The lowest BCUT2D eigenvalue weighted by molar-refractivity contribution is 0.0700. The zero-order chi connectivity index (χ0) is 20.9. The van der Waals surface area contributed by atoms with Gasteiger partial charge in [-0.3, -0.25) is 4.90 Å². The molecule has 0 aromatic heterocycles. The van der Waals surface area contributed by atoms with Gasteiger partial charge in [-0.2, -0.15) is 4.31 Å². The molecule has 0 spiro atoms. The Kier molecular flexibility index (Phi) is 7.54. The summed E-state index contributed by atoms with van der Waals surface area (Å²) in [7, 11) is -3.50.